The molecule has 0 radical (unpaired) electrons. The van der Waals surface area contributed by atoms with Crippen molar-refractivity contribution in [2.75, 3.05) is 0 Å². The van der Waals surface area contributed by atoms with Crippen LogP contribution in [0.2, 0.25) is 0 Å². The van der Waals surface area contributed by atoms with Crippen molar-refractivity contribution in [3.63, 3.8) is 0 Å². The van der Waals surface area contributed by atoms with Gasteiger partial charge in [0.15, 0.2) is 11.6 Å². The molecule has 19 rings (SSSR count). The molecule has 15 aromatic carbocycles. The average Bonchev–Trinajstić information content (AvgIpc) is 1.57. The fourth-order valence-electron chi connectivity index (χ4n) is 16.1. The fraction of sp³-hybridized carbons (Fsp3) is 0.0485. The van der Waals surface area contributed by atoms with Gasteiger partial charge in [0.25, 0.3) is 0 Å². The van der Waals surface area contributed by atoms with Gasteiger partial charge in [0.05, 0.1) is 22.8 Å². The van der Waals surface area contributed by atoms with Crippen LogP contribution < -0.4 is 0 Å². The van der Waals surface area contributed by atoms with Crippen LogP contribution in [0, 0.1) is 0 Å². The minimum Gasteiger partial charge on any atom is -0.228 e. The highest BCUT2D eigenvalue weighted by Crippen LogP contribution is 2.55. The van der Waals surface area contributed by atoms with Gasteiger partial charge in [-0.25, -0.2) is 19.9 Å². The maximum Gasteiger partial charge on any atom is 0.160 e. The van der Waals surface area contributed by atoms with Gasteiger partial charge in [-0.2, -0.15) is 0 Å². The van der Waals surface area contributed by atoms with E-state index in [0.717, 1.165) is 78.4 Å². The van der Waals surface area contributed by atoms with E-state index in [1.165, 1.54) is 94.6 Å². The van der Waals surface area contributed by atoms with E-state index in [2.05, 4.69) is 379 Å². The van der Waals surface area contributed by atoms with Crippen LogP contribution >= 0.6 is 0 Å². The number of aromatic nitrogens is 4. The number of fused-ring (bicyclic) bond motifs is 6. The van der Waals surface area contributed by atoms with E-state index in [1.54, 1.807) is 0 Å². The van der Waals surface area contributed by atoms with E-state index in [9.17, 15) is 0 Å². The predicted molar refractivity (Wildman–Crippen MR) is 444 cm³/mol. The second kappa shape index (κ2) is 27.9. The lowest BCUT2D eigenvalue weighted by molar-refractivity contribution is 0.660. The third-order valence-corrected chi connectivity index (χ3v) is 21.7. The molecule has 0 saturated carbocycles. The Morgan fingerprint density at radius 3 is 1.03 bits per heavy atom. The third kappa shape index (κ3) is 12.6. The molecule has 4 heteroatoms. The molecule has 0 saturated heterocycles. The van der Waals surface area contributed by atoms with Crippen LogP contribution in [0.3, 0.4) is 0 Å². The van der Waals surface area contributed by atoms with E-state index in [0.29, 0.717) is 11.6 Å². The standard InChI is InChI=1S/C55H40N2.C48H34N2/c1-55(2)49-27-10-9-25-48(49)53-47(26-14-28-50(53)55)45-23-12-21-43(34-45)41-19-11-20-42(33-41)44-22-13-24-46(35-44)52-36-51(56-54(57-52)40-17-7-4-8-18-40)39-31-29-38(30-32-39)37-15-5-3-6-16-37;1-48(40-23-9-4-10-24-40)43-26-12-11-25-41(43)42-28-27-38(31-44(42)48)36-20-13-19-35(29-36)37-21-14-22-39(30-37)47-49-45(33-15-5-2-6-16-33)32-46(50-47)34-17-7-3-8-18-34/h3-36H,1-2H3;2-32H,1H3. The second-order valence-corrected chi connectivity index (χ2v) is 28.6. The van der Waals surface area contributed by atoms with E-state index in [1.807, 2.05) is 36.4 Å². The summed E-state index contributed by atoms with van der Waals surface area (Å²) >= 11 is 0. The Labute approximate surface area is 626 Å². The number of benzene rings is 15. The molecule has 0 N–H and O–H groups in total. The Bertz CT molecular complexity index is 6090. The zero-order chi connectivity index (χ0) is 71.8. The van der Waals surface area contributed by atoms with Gasteiger partial charge in [0, 0.05) is 44.2 Å². The Kier molecular flexibility index (Phi) is 17.1. The van der Waals surface area contributed by atoms with Crippen LogP contribution in [-0.2, 0) is 10.8 Å². The van der Waals surface area contributed by atoms with E-state index in [4.69, 9.17) is 19.9 Å². The highest BCUT2D eigenvalue weighted by Gasteiger charge is 2.41. The van der Waals surface area contributed by atoms with Crippen molar-refractivity contribution in [2.45, 2.75) is 31.6 Å². The SMILES string of the molecule is CC1(C)c2ccccc2-c2c(-c3cccc(-c4cccc(-c5cccc(-c6cc(-c7ccc(-c8ccccc8)cc7)nc(-c7ccccc7)n6)c5)c4)c3)cccc21.CC1(c2ccccc2)c2ccccc2-c2ccc(-c3cccc(-c4cccc(-c5nc(-c6ccccc6)cc(-c6ccccc6)n5)c4)c3)cc21. The summed E-state index contributed by atoms with van der Waals surface area (Å²) in [6, 6.07) is 141. The largest absolute Gasteiger partial charge is 0.228 e. The van der Waals surface area contributed by atoms with Crippen LogP contribution in [-0.4, -0.2) is 19.9 Å². The Morgan fingerprint density at radius 2 is 0.486 bits per heavy atom. The highest BCUT2D eigenvalue weighted by molar-refractivity contribution is 5.94. The summed E-state index contributed by atoms with van der Waals surface area (Å²) in [6.45, 7) is 7.06. The molecule has 0 bridgehead atoms. The quantitative estimate of drug-likeness (QED) is 0.115. The number of hydrogen-bond acceptors (Lipinski definition) is 4. The van der Waals surface area contributed by atoms with E-state index >= 15 is 0 Å². The molecular weight excluding hydrogens is 1290 g/mol. The number of rotatable bonds is 13. The van der Waals surface area contributed by atoms with Crippen molar-refractivity contribution in [2.24, 2.45) is 0 Å². The predicted octanol–water partition coefficient (Wildman–Crippen LogP) is 26.6. The fourth-order valence-corrected chi connectivity index (χ4v) is 16.1. The van der Waals surface area contributed by atoms with Gasteiger partial charge < -0.3 is 0 Å². The summed E-state index contributed by atoms with van der Waals surface area (Å²) in [7, 11) is 0. The van der Waals surface area contributed by atoms with Gasteiger partial charge in [-0.3, -0.25) is 0 Å². The molecule has 2 aliphatic carbocycles. The van der Waals surface area contributed by atoms with Gasteiger partial charge in [-0.05, 0) is 172 Å². The molecule has 0 amide bonds. The van der Waals surface area contributed by atoms with Crippen LogP contribution in [0.25, 0.3) is 157 Å². The molecule has 4 nitrogen and oxygen atoms in total. The second-order valence-electron chi connectivity index (χ2n) is 28.6. The van der Waals surface area contributed by atoms with Gasteiger partial charge in [-0.1, -0.05) is 360 Å². The molecular formula is C103H74N4. The first-order valence-electron chi connectivity index (χ1n) is 36.8. The van der Waals surface area contributed by atoms with Gasteiger partial charge >= 0.3 is 0 Å². The van der Waals surface area contributed by atoms with Crippen LogP contribution in [0.4, 0.5) is 0 Å². The van der Waals surface area contributed by atoms with Crippen LogP contribution in [0.5, 0.6) is 0 Å². The zero-order valence-corrected chi connectivity index (χ0v) is 59.8. The normalized spacial score (nSPS) is 13.5. The summed E-state index contributed by atoms with van der Waals surface area (Å²) in [5.41, 5.74) is 35.9. The summed E-state index contributed by atoms with van der Waals surface area (Å²) in [4.78, 5) is 20.4. The molecule has 2 aliphatic rings. The van der Waals surface area contributed by atoms with Crippen molar-refractivity contribution in [3.8, 4) is 157 Å². The molecule has 1 unspecified atom stereocenters. The molecule has 107 heavy (non-hydrogen) atoms. The first kappa shape index (κ1) is 65.5. The Balaban J connectivity index is 0.000000153. The summed E-state index contributed by atoms with van der Waals surface area (Å²) in [5, 5.41) is 0. The average molecular weight is 1370 g/mol. The zero-order valence-electron chi connectivity index (χ0n) is 59.8. The lowest BCUT2D eigenvalue weighted by Crippen LogP contribution is -2.22. The molecule has 0 spiro atoms. The lowest BCUT2D eigenvalue weighted by Gasteiger charge is -2.28. The van der Waals surface area contributed by atoms with Crippen molar-refractivity contribution in [1.82, 2.24) is 19.9 Å². The number of nitrogens with zero attached hydrogens (tertiary/aromatic N) is 4. The van der Waals surface area contributed by atoms with Gasteiger partial charge in [-0.15, -0.1) is 0 Å². The minimum absolute atomic E-state index is 0.0347. The van der Waals surface area contributed by atoms with E-state index < -0.39 is 0 Å². The Hall–Kier alpha value is -13.5. The van der Waals surface area contributed by atoms with Gasteiger partial charge in [0.1, 0.15) is 0 Å². The van der Waals surface area contributed by atoms with Crippen molar-refractivity contribution < 1.29 is 0 Å². The summed E-state index contributed by atoms with van der Waals surface area (Å²) < 4.78 is 0. The van der Waals surface area contributed by atoms with Crippen LogP contribution in [0.1, 0.15) is 48.6 Å². The maximum absolute atomic E-state index is 5.14. The van der Waals surface area contributed by atoms with Crippen molar-refractivity contribution in [3.05, 3.63) is 422 Å². The smallest absolute Gasteiger partial charge is 0.160 e. The topological polar surface area (TPSA) is 51.6 Å². The summed E-state index contributed by atoms with van der Waals surface area (Å²) in [6.07, 6.45) is 0. The van der Waals surface area contributed by atoms with Crippen LogP contribution in [0.15, 0.2) is 394 Å². The first-order valence-corrected chi connectivity index (χ1v) is 36.8. The third-order valence-electron chi connectivity index (χ3n) is 21.7. The molecule has 506 valence electrons. The lowest BCUT2D eigenvalue weighted by atomic mass is 9.74. The van der Waals surface area contributed by atoms with Gasteiger partial charge in [0.2, 0.25) is 0 Å². The minimum atomic E-state index is -0.234. The number of hydrogen-bond donors (Lipinski definition) is 0. The van der Waals surface area contributed by atoms with Crippen molar-refractivity contribution in [1.29, 1.82) is 0 Å². The Morgan fingerprint density at radius 1 is 0.178 bits per heavy atom. The first-order chi connectivity index (χ1) is 52.6. The molecule has 0 aliphatic heterocycles. The monoisotopic (exact) mass is 1370 g/mol. The highest BCUT2D eigenvalue weighted by atomic mass is 14.9. The summed E-state index contributed by atoms with van der Waals surface area (Å²) in [5.74, 6) is 1.42. The molecule has 0 fully saturated rings. The van der Waals surface area contributed by atoms with E-state index in [-0.39, 0.29) is 10.8 Å². The van der Waals surface area contributed by atoms with Crippen molar-refractivity contribution >= 4 is 0 Å². The molecule has 1 atom stereocenters. The molecule has 17 aromatic rings. The maximum atomic E-state index is 5.14. The molecule has 2 heterocycles. The molecule has 2 aromatic heterocycles.